The van der Waals surface area contributed by atoms with Crippen LogP contribution in [0.25, 0.3) is 11.3 Å². The van der Waals surface area contributed by atoms with Gasteiger partial charge in [0.25, 0.3) is 11.6 Å². The smallest absolute Gasteiger partial charge is 0.375 e. The molecule has 4 rings (SSSR count). The molecule has 1 N–H and O–H groups in total. The number of hydrogen-bond acceptors (Lipinski definition) is 8. The molecule has 2 aromatic carbocycles. The summed E-state index contributed by atoms with van der Waals surface area (Å²) in [5.41, 5.74) is 0.964. The Morgan fingerprint density at radius 1 is 1.06 bits per heavy atom. The molecule has 1 unspecified atom stereocenters. The summed E-state index contributed by atoms with van der Waals surface area (Å²) in [6.45, 7) is 1.55. The highest BCUT2D eigenvalue weighted by Gasteiger charge is 2.22. The van der Waals surface area contributed by atoms with Gasteiger partial charge in [-0.3, -0.25) is 14.9 Å². The first-order valence-corrected chi connectivity index (χ1v) is 9.17. The van der Waals surface area contributed by atoms with E-state index in [1.807, 2.05) is 0 Å². The molecule has 1 atom stereocenters. The molecule has 3 aromatic rings. The van der Waals surface area contributed by atoms with Crippen LogP contribution in [0, 0.1) is 10.1 Å². The lowest BCUT2D eigenvalue weighted by molar-refractivity contribution is -0.384. The van der Waals surface area contributed by atoms with E-state index in [0.717, 1.165) is 0 Å². The number of benzene rings is 2. The Morgan fingerprint density at radius 2 is 1.81 bits per heavy atom. The zero-order valence-corrected chi connectivity index (χ0v) is 16.2. The SMILES string of the molecule is CC(OC(=O)c1ccc(-c2ccc([N+](=O)[O-])cc2)o1)C(=O)Nc1ccc2c(c1)OCO2. The predicted molar refractivity (Wildman–Crippen MR) is 107 cm³/mol. The van der Waals surface area contributed by atoms with E-state index >= 15 is 0 Å². The van der Waals surface area contributed by atoms with Crippen LogP contribution in [-0.4, -0.2) is 29.7 Å². The first-order valence-electron chi connectivity index (χ1n) is 9.17. The van der Waals surface area contributed by atoms with Gasteiger partial charge >= 0.3 is 5.97 Å². The van der Waals surface area contributed by atoms with Crippen LogP contribution in [0.5, 0.6) is 11.5 Å². The van der Waals surface area contributed by atoms with Crippen molar-refractivity contribution < 1.29 is 33.1 Å². The zero-order valence-electron chi connectivity index (χ0n) is 16.2. The summed E-state index contributed by atoms with van der Waals surface area (Å²) < 4.78 is 21.1. The minimum atomic E-state index is -1.09. The van der Waals surface area contributed by atoms with E-state index < -0.39 is 22.9 Å². The quantitative estimate of drug-likeness (QED) is 0.360. The van der Waals surface area contributed by atoms with Gasteiger partial charge in [0.2, 0.25) is 12.6 Å². The minimum Gasteiger partial charge on any atom is -0.454 e. The molecule has 31 heavy (non-hydrogen) atoms. The number of ether oxygens (including phenoxy) is 3. The number of amides is 1. The lowest BCUT2D eigenvalue weighted by Crippen LogP contribution is -2.29. The molecule has 1 amide bonds. The molecule has 1 aliphatic heterocycles. The summed E-state index contributed by atoms with van der Waals surface area (Å²) in [5.74, 6) is -0.0258. The summed E-state index contributed by atoms with van der Waals surface area (Å²) >= 11 is 0. The van der Waals surface area contributed by atoms with Gasteiger partial charge in [0.15, 0.2) is 17.6 Å². The number of nitro benzene ring substituents is 1. The number of hydrogen-bond donors (Lipinski definition) is 1. The van der Waals surface area contributed by atoms with E-state index in [2.05, 4.69) is 5.32 Å². The highest BCUT2D eigenvalue weighted by atomic mass is 16.7. The molecule has 0 radical (unpaired) electrons. The van der Waals surface area contributed by atoms with Crippen LogP contribution in [0.3, 0.4) is 0 Å². The molecule has 2 heterocycles. The first-order chi connectivity index (χ1) is 14.9. The van der Waals surface area contributed by atoms with Crippen molar-refractivity contribution in [1.82, 2.24) is 0 Å². The third-order valence-electron chi connectivity index (χ3n) is 4.46. The van der Waals surface area contributed by atoms with Crippen LogP contribution in [-0.2, 0) is 9.53 Å². The van der Waals surface area contributed by atoms with E-state index in [-0.39, 0.29) is 18.2 Å². The lowest BCUT2D eigenvalue weighted by atomic mass is 10.1. The molecular weight excluding hydrogens is 408 g/mol. The van der Waals surface area contributed by atoms with Crippen LogP contribution in [0.2, 0.25) is 0 Å². The van der Waals surface area contributed by atoms with Crippen LogP contribution >= 0.6 is 0 Å². The van der Waals surface area contributed by atoms with Gasteiger partial charge in [-0.05, 0) is 43.3 Å². The highest BCUT2D eigenvalue weighted by Crippen LogP contribution is 2.34. The topological polar surface area (TPSA) is 130 Å². The summed E-state index contributed by atoms with van der Waals surface area (Å²) in [4.78, 5) is 34.9. The van der Waals surface area contributed by atoms with Crippen molar-refractivity contribution >= 4 is 23.3 Å². The van der Waals surface area contributed by atoms with Gasteiger partial charge in [0.1, 0.15) is 5.76 Å². The summed E-state index contributed by atoms with van der Waals surface area (Å²) in [5, 5.41) is 13.4. The predicted octanol–water partition coefficient (Wildman–Crippen LogP) is 3.77. The number of nitrogens with zero attached hydrogens (tertiary/aromatic N) is 1. The fraction of sp³-hybridized carbons (Fsp3) is 0.143. The molecule has 0 bridgehead atoms. The number of anilines is 1. The van der Waals surface area contributed by atoms with Gasteiger partial charge in [-0.2, -0.15) is 0 Å². The molecule has 0 aliphatic carbocycles. The van der Waals surface area contributed by atoms with Gasteiger partial charge < -0.3 is 23.9 Å². The number of esters is 1. The Balaban J connectivity index is 1.37. The number of carbonyl (C=O) groups is 2. The van der Waals surface area contributed by atoms with Crippen molar-refractivity contribution in [2.75, 3.05) is 12.1 Å². The molecule has 10 nitrogen and oxygen atoms in total. The minimum absolute atomic E-state index is 0.0581. The van der Waals surface area contributed by atoms with Crippen LogP contribution < -0.4 is 14.8 Å². The Labute approximate surface area is 175 Å². The maximum absolute atomic E-state index is 12.3. The van der Waals surface area contributed by atoms with Crippen molar-refractivity contribution in [3.05, 3.63) is 70.5 Å². The molecule has 0 spiro atoms. The maximum atomic E-state index is 12.3. The van der Waals surface area contributed by atoms with Gasteiger partial charge in [-0.25, -0.2) is 4.79 Å². The molecule has 0 saturated carbocycles. The number of non-ortho nitro benzene ring substituents is 1. The number of nitro groups is 1. The molecule has 158 valence electrons. The molecule has 0 fully saturated rings. The number of rotatable bonds is 6. The van der Waals surface area contributed by atoms with Crippen LogP contribution in [0.15, 0.2) is 59.0 Å². The molecular formula is C21H16N2O8. The molecule has 1 aromatic heterocycles. The van der Waals surface area contributed by atoms with E-state index in [1.165, 1.54) is 43.3 Å². The molecule has 1 aliphatic rings. The first kappa shape index (κ1) is 20.0. The van der Waals surface area contributed by atoms with Gasteiger partial charge in [0, 0.05) is 29.4 Å². The second-order valence-corrected chi connectivity index (χ2v) is 6.57. The van der Waals surface area contributed by atoms with E-state index in [9.17, 15) is 19.7 Å². The van der Waals surface area contributed by atoms with Crippen LogP contribution in [0.1, 0.15) is 17.5 Å². The number of fused-ring (bicyclic) bond motifs is 1. The number of nitrogens with one attached hydrogen (secondary N) is 1. The lowest BCUT2D eigenvalue weighted by Gasteiger charge is -2.13. The van der Waals surface area contributed by atoms with Gasteiger partial charge in [-0.1, -0.05) is 0 Å². The van der Waals surface area contributed by atoms with Crippen molar-refractivity contribution in [3.8, 4) is 22.8 Å². The summed E-state index contributed by atoms with van der Waals surface area (Å²) in [6, 6.07) is 13.5. The van der Waals surface area contributed by atoms with Crippen molar-refractivity contribution in [1.29, 1.82) is 0 Å². The van der Waals surface area contributed by atoms with Gasteiger partial charge in [0.05, 0.1) is 4.92 Å². The normalized spacial score (nSPS) is 12.8. The Kier molecular flexibility index (Phi) is 5.27. The highest BCUT2D eigenvalue weighted by molar-refractivity contribution is 5.97. The summed E-state index contributed by atoms with van der Waals surface area (Å²) in [7, 11) is 0. The molecule has 10 heteroatoms. The van der Waals surface area contributed by atoms with Crippen molar-refractivity contribution in [2.45, 2.75) is 13.0 Å². The Bertz CT molecular complexity index is 1150. The number of furan rings is 1. The average molecular weight is 424 g/mol. The third-order valence-corrected chi connectivity index (χ3v) is 4.46. The zero-order chi connectivity index (χ0) is 22.0. The summed E-state index contributed by atoms with van der Waals surface area (Å²) in [6.07, 6.45) is -1.09. The van der Waals surface area contributed by atoms with E-state index in [4.69, 9.17) is 18.6 Å². The monoisotopic (exact) mass is 424 g/mol. The standard InChI is InChI=1S/C21H16N2O8/c1-12(20(24)22-14-4-7-17-19(10-14)29-11-28-17)30-21(25)18-9-8-16(31-18)13-2-5-15(6-3-13)23(26)27/h2-10,12H,11H2,1H3,(H,22,24). The third kappa shape index (κ3) is 4.32. The Morgan fingerprint density at radius 3 is 2.55 bits per heavy atom. The second kappa shape index (κ2) is 8.19. The second-order valence-electron chi connectivity index (χ2n) is 6.57. The van der Waals surface area contributed by atoms with E-state index in [1.54, 1.807) is 18.2 Å². The average Bonchev–Trinajstić information content (AvgIpc) is 3.43. The molecule has 0 saturated heterocycles. The van der Waals surface area contributed by atoms with Crippen LogP contribution in [0.4, 0.5) is 11.4 Å². The fourth-order valence-electron chi connectivity index (χ4n) is 2.84. The van der Waals surface area contributed by atoms with Crippen molar-refractivity contribution in [3.63, 3.8) is 0 Å². The van der Waals surface area contributed by atoms with E-state index in [0.29, 0.717) is 28.5 Å². The van der Waals surface area contributed by atoms with Gasteiger partial charge in [-0.15, -0.1) is 0 Å². The maximum Gasteiger partial charge on any atom is 0.375 e. The largest absolute Gasteiger partial charge is 0.454 e. The van der Waals surface area contributed by atoms with Crippen molar-refractivity contribution in [2.24, 2.45) is 0 Å². The Hall–Kier alpha value is -4.34. The number of carbonyl (C=O) groups excluding carboxylic acids is 2. The fourth-order valence-corrected chi connectivity index (χ4v) is 2.84.